The topological polar surface area (TPSA) is 57.6 Å². The molecule has 0 spiro atoms. The second kappa shape index (κ2) is 6.32. The van der Waals surface area contributed by atoms with E-state index in [4.69, 9.17) is 5.11 Å². The summed E-state index contributed by atoms with van der Waals surface area (Å²) in [5.41, 5.74) is 2.18. The molecule has 1 heterocycles. The Morgan fingerprint density at radius 3 is 2.64 bits per heavy atom. The number of aryl methyl sites for hydroxylation is 2. The Kier molecular flexibility index (Phi) is 4.24. The monoisotopic (exact) mass is 315 g/mol. The van der Waals surface area contributed by atoms with Crippen LogP contribution in [0.15, 0.2) is 36.4 Å². The summed E-state index contributed by atoms with van der Waals surface area (Å²) in [6.45, 7) is 0.0326. The number of aliphatic carboxylic acids is 1. The molecular formula is C17H17NO3S. The molecule has 1 N–H and O–H groups in total. The van der Waals surface area contributed by atoms with E-state index in [1.165, 1.54) is 26.7 Å². The Morgan fingerprint density at radius 2 is 1.95 bits per heavy atom. The molecule has 3 rings (SSSR count). The van der Waals surface area contributed by atoms with Gasteiger partial charge in [0.2, 0.25) is 0 Å². The molecule has 1 aromatic carbocycles. The van der Waals surface area contributed by atoms with Crippen LogP contribution in [0.3, 0.4) is 0 Å². The first kappa shape index (κ1) is 14.8. The summed E-state index contributed by atoms with van der Waals surface area (Å²) in [6.07, 6.45) is 3.21. The molecule has 0 fully saturated rings. The largest absolute Gasteiger partial charge is 0.480 e. The maximum absolute atomic E-state index is 12.7. The fraction of sp³-hybridized carbons (Fsp3) is 0.294. The van der Waals surface area contributed by atoms with Crippen molar-refractivity contribution in [1.82, 2.24) is 4.90 Å². The van der Waals surface area contributed by atoms with Gasteiger partial charge in [0.05, 0.1) is 4.88 Å². The number of fused-ring (bicyclic) bond motifs is 1. The molecular weight excluding hydrogens is 298 g/mol. The summed E-state index contributed by atoms with van der Waals surface area (Å²) in [5, 5.41) is 9.08. The van der Waals surface area contributed by atoms with Gasteiger partial charge in [-0.3, -0.25) is 9.59 Å². The molecule has 1 aliphatic rings. The second-order valence-electron chi connectivity index (χ2n) is 5.45. The molecule has 2 aromatic rings. The van der Waals surface area contributed by atoms with Gasteiger partial charge in [0.1, 0.15) is 6.54 Å². The van der Waals surface area contributed by atoms with E-state index in [9.17, 15) is 9.59 Å². The fourth-order valence-electron chi connectivity index (χ4n) is 2.76. The number of amides is 1. The Bertz CT molecular complexity index is 672. The average Bonchev–Trinajstić information content (AvgIpc) is 3.07. The number of nitrogens with zero attached hydrogens (tertiary/aromatic N) is 1. The Hall–Kier alpha value is -2.14. The number of carbonyl (C=O) groups excluding carboxylic acids is 1. The number of carboxylic acid groups (broad SMARTS) is 1. The van der Waals surface area contributed by atoms with E-state index < -0.39 is 5.97 Å². The van der Waals surface area contributed by atoms with Gasteiger partial charge in [-0.1, -0.05) is 30.3 Å². The van der Waals surface area contributed by atoms with Crippen LogP contribution in [0.2, 0.25) is 0 Å². The summed E-state index contributed by atoms with van der Waals surface area (Å²) in [4.78, 5) is 27.1. The van der Waals surface area contributed by atoms with Crippen LogP contribution in [-0.4, -0.2) is 28.4 Å². The van der Waals surface area contributed by atoms with E-state index in [2.05, 4.69) is 0 Å². The highest BCUT2D eigenvalue weighted by Gasteiger charge is 2.23. The number of hydrogen-bond acceptors (Lipinski definition) is 3. The van der Waals surface area contributed by atoms with Crippen LogP contribution < -0.4 is 0 Å². The van der Waals surface area contributed by atoms with Crippen molar-refractivity contribution in [2.75, 3.05) is 6.54 Å². The van der Waals surface area contributed by atoms with E-state index in [0.717, 1.165) is 24.8 Å². The molecule has 4 nitrogen and oxygen atoms in total. The molecule has 1 aromatic heterocycles. The van der Waals surface area contributed by atoms with Crippen molar-refractivity contribution in [1.29, 1.82) is 0 Å². The Labute approximate surface area is 133 Å². The Morgan fingerprint density at radius 1 is 1.18 bits per heavy atom. The number of thiophene rings is 1. The van der Waals surface area contributed by atoms with E-state index in [0.29, 0.717) is 11.4 Å². The molecule has 0 radical (unpaired) electrons. The van der Waals surface area contributed by atoms with Crippen LogP contribution in [0, 0.1) is 0 Å². The fourth-order valence-corrected chi connectivity index (χ4v) is 3.98. The van der Waals surface area contributed by atoms with E-state index in [1.807, 2.05) is 36.4 Å². The maximum Gasteiger partial charge on any atom is 0.323 e. The summed E-state index contributed by atoms with van der Waals surface area (Å²) in [5.74, 6) is -1.18. The highest BCUT2D eigenvalue weighted by atomic mass is 32.1. The molecule has 0 atom stereocenters. The van der Waals surface area contributed by atoms with Crippen molar-refractivity contribution >= 4 is 23.2 Å². The third kappa shape index (κ3) is 3.20. The molecule has 0 bridgehead atoms. The summed E-state index contributed by atoms with van der Waals surface area (Å²) in [6, 6.07) is 11.4. The van der Waals surface area contributed by atoms with Gasteiger partial charge in [0, 0.05) is 11.4 Å². The van der Waals surface area contributed by atoms with Crippen LogP contribution in [0.5, 0.6) is 0 Å². The second-order valence-corrected chi connectivity index (χ2v) is 6.59. The van der Waals surface area contributed by atoms with E-state index in [1.54, 1.807) is 0 Å². The van der Waals surface area contributed by atoms with Gasteiger partial charge in [0.15, 0.2) is 0 Å². The SMILES string of the molecule is O=C(O)CN(Cc1ccccc1)C(=O)c1cc2c(s1)CCC2. The average molecular weight is 315 g/mol. The lowest BCUT2D eigenvalue weighted by molar-refractivity contribution is -0.137. The molecule has 114 valence electrons. The van der Waals surface area contributed by atoms with Crippen molar-refractivity contribution in [3.8, 4) is 0 Å². The zero-order valence-electron chi connectivity index (χ0n) is 12.1. The van der Waals surface area contributed by atoms with Gasteiger partial charge >= 0.3 is 5.97 Å². The molecule has 0 saturated carbocycles. The van der Waals surface area contributed by atoms with Crippen molar-refractivity contribution in [3.05, 3.63) is 57.3 Å². The maximum atomic E-state index is 12.7. The normalized spacial score (nSPS) is 12.9. The predicted molar refractivity (Wildman–Crippen MR) is 85.2 cm³/mol. The molecule has 1 aliphatic carbocycles. The van der Waals surface area contributed by atoms with Gasteiger partial charge in [-0.25, -0.2) is 0 Å². The van der Waals surface area contributed by atoms with Crippen LogP contribution >= 0.6 is 11.3 Å². The Balaban J connectivity index is 1.81. The molecule has 5 heteroatoms. The number of rotatable bonds is 5. The highest BCUT2D eigenvalue weighted by molar-refractivity contribution is 7.14. The number of hydrogen-bond donors (Lipinski definition) is 1. The van der Waals surface area contributed by atoms with Gasteiger partial charge in [-0.05, 0) is 36.5 Å². The zero-order valence-corrected chi connectivity index (χ0v) is 12.9. The smallest absolute Gasteiger partial charge is 0.323 e. The molecule has 0 aliphatic heterocycles. The number of carbonyl (C=O) groups is 2. The first-order chi connectivity index (χ1) is 10.6. The molecule has 0 unspecified atom stereocenters. The van der Waals surface area contributed by atoms with Crippen LogP contribution in [-0.2, 0) is 24.2 Å². The van der Waals surface area contributed by atoms with Gasteiger partial charge < -0.3 is 10.0 Å². The lowest BCUT2D eigenvalue weighted by Gasteiger charge is -2.20. The van der Waals surface area contributed by atoms with Crippen molar-refractivity contribution in [3.63, 3.8) is 0 Å². The van der Waals surface area contributed by atoms with Crippen LogP contribution in [0.4, 0.5) is 0 Å². The first-order valence-electron chi connectivity index (χ1n) is 7.30. The summed E-state index contributed by atoms with van der Waals surface area (Å²) in [7, 11) is 0. The van der Waals surface area contributed by atoms with Gasteiger partial charge in [-0.15, -0.1) is 11.3 Å². The van der Waals surface area contributed by atoms with Crippen LogP contribution in [0.25, 0.3) is 0 Å². The minimum absolute atomic E-state index is 0.189. The molecule has 1 amide bonds. The number of benzene rings is 1. The van der Waals surface area contributed by atoms with Crippen molar-refractivity contribution < 1.29 is 14.7 Å². The van der Waals surface area contributed by atoms with E-state index >= 15 is 0 Å². The predicted octanol–water partition coefficient (Wildman–Crippen LogP) is 2.96. The minimum Gasteiger partial charge on any atom is -0.480 e. The lowest BCUT2D eigenvalue weighted by atomic mass is 10.2. The van der Waals surface area contributed by atoms with Crippen molar-refractivity contribution in [2.24, 2.45) is 0 Å². The van der Waals surface area contributed by atoms with Crippen molar-refractivity contribution in [2.45, 2.75) is 25.8 Å². The van der Waals surface area contributed by atoms with Gasteiger partial charge in [-0.2, -0.15) is 0 Å². The zero-order chi connectivity index (χ0) is 15.5. The summed E-state index contributed by atoms with van der Waals surface area (Å²) >= 11 is 1.51. The summed E-state index contributed by atoms with van der Waals surface area (Å²) < 4.78 is 0. The number of carboxylic acids is 1. The highest BCUT2D eigenvalue weighted by Crippen LogP contribution is 2.31. The molecule has 0 saturated heterocycles. The lowest BCUT2D eigenvalue weighted by Crippen LogP contribution is -2.34. The third-order valence-corrected chi connectivity index (χ3v) is 5.01. The van der Waals surface area contributed by atoms with E-state index in [-0.39, 0.29) is 12.5 Å². The standard InChI is InChI=1S/C17H17NO3S/c19-16(20)11-18(10-12-5-2-1-3-6-12)17(21)15-9-13-7-4-8-14(13)22-15/h1-3,5-6,9H,4,7-8,10-11H2,(H,19,20). The minimum atomic E-state index is -0.992. The van der Waals surface area contributed by atoms with Crippen LogP contribution in [0.1, 0.15) is 32.1 Å². The quantitative estimate of drug-likeness (QED) is 0.923. The third-order valence-electron chi connectivity index (χ3n) is 3.79. The van der Waals surface area contributed by atoms with Gasteiger partial charge in [0.25, 0.3) is 5.91 Å². The molecule has 22 heavy (non-hydrogen) atoms. The first-order valence-corrected chi connectivity index (χ1v) is 8.11.